The second-order valence-electron chi connectivity index (χ2n) is 7.77. The number of rotatable bonds is 8. The highest BCUT2D eigenvalue weighted by atomic mass is 127. The molecule has 2 aromatic rings. The van der Waals surface area contributed by atoms with Crippen molar-refractivity contribution in [2.75, 3.05) is 51.3 Å². The number of ether oxygens (including phenoxy) is 1. The van der Waals surface area contributed by atoms with Gasteiger partial charge in [0, 0.05) is 58.1 Å². The molecule has 1 aromatic carbocycles. The molecule has 1 aliphatic rings. The summed E-state index contributed by atoms with van der Waals surface area (Å²) in [7, 11) is 1.78. The van der Waals surface area contributed by atoms with Crippen LogP contribution in [0.4, 0.5) is 5.82 Å². The molecule has 0 saturated carbocycles. The first kappa shape index (κ1) is 26.2. The summed E-state index contributed by atoms with van der Waals surface area (Å²) in [6.07, 6.45) is 1.95. The fraction of sp³-hybridized carbons (Fsp3) is 0.500. The average molecular weight is 553 g/mol. The van der Waals surface area contributed by atoms with E-state index in [1.165, 1.54) is 5.56 Å². The predicted molar refractivity (Wildman–Crippen MR) is 143 cm³/mol. The first-order valence-corrected chi connectivity index (χ1v) is 11.2. The van der Waals surface area contributed by atoms with Gasteiger partial charge in [0.2, 0.25) is 0 Å². The maximum Gasteiger partial charge on any atom is 0.191 e. The highest BCUT2D eigenvalue weighted by Gasteiger charge is 2.16. The summed E-state index contributed by atoms with van der Waals surface area (Å²) in [6, 6.07) is 10.5. The van der Waals surface area contributed by atoms with Crippen molar-refractivity contribution in [3.8, 4) is 5.75 Å². The zero-order chi connectivity index (χ0) is 22.1. The number of pyridine rings is 1. The van der Waals surface area contributed by atoms with Gasteiger partial charge < -0.3 is 25.2 Å². The van der Waals surface area contributed by atoms with E-state index in [1.807, 2.05) is 13.1 Å². The minimum atomic E-state index is 0. The summed E-state index contributed by atoms with van der Waals surface area (Å²) in [5.74, 6) is 2.73. The molecular weight excluding hydrogens is 515 g/mol. The molecule has 1 fully saturated rings. The van der Waals surface area contributed by atoms with E-state index < -0.39 is 0 Å². The Balaban J connectivity index is 0.00000363. The van der Waals surface area contributed by atoms with Crippen LogP contribution in [0.5, 0.6) is 5.75 Å². The van der Waals surface area contributed by atoms with Gasteiger partial charge in [-0.3, -0.25) is 4.99 Å². The molecule has 0 spiro atoms. The molecule has 1 aliphatic heterocycles. The Kier molecular flexibility index (Phi) is 11.0. The Bertz CT molecular complexity index is 850. The molecule has 0 amide bonds. The van der Waals surface area contributed by atoms with Gasteiger partial charge in [-0.2, -0.15) is 0 Å². The monoisotopic (exact) mass is 552 g/mol. The molecule has 0 unspecified atom stereocenters. The van der Waals surface area contributed by atoms with Crippen LogP contribution >= 0.6 is 24.0 Å². The lowest BCUT2D eigenvalue weighted by Crippen LogP contribution is -2.46. The van der Waals surface area contributed by atoms with Crippen molar-refractivity contribution >= 4 is 35.8 Å². The number of aryl methyl sites for hydroxylation is 1. The smallest absolute Gasteiger partial charge is 0.191 e. The molecular formula is C24H37IN6O. The molecule has 32 heavy (non-hydrogen) atoms. The van der Waals surface area contributed by atoms with E-state index in [0.29, 0.717) is 19.7 Å². The third kappa shape index (κ3) is 7.51. The van der Waals surface area contributed by atoms with Gasteiger partial charge in [-0.05, 0) is 43.7 Å². The van der Waals surface area contributed by atoms with Crippen molar-refractivity contribution in [1.82, 2.24) is 20.5 Å². The summed E-state index contributed by atoms with van der Waals surface area (Å²) < 4.78 is 5.77. The van der Waals surface area contributed by atoms with Crippen molar-refractivity contribution in [2.45, 2.75) is 33.9 Å². The Morgan fingerprint density at radius 3 is 2.44 bits per heavy atom. The zero-order valence-corrected chi connectivity index (χ0v) is 22.1. The van der Waals surface area contributed by atoms with Gasteiger partial charge >= 0.3 is 0 Å². The number of nitrogens with one attached hydrogen (secondary N) is 2. The third-order valence-corrected chi connectivity index (χ3v) is 5.60. The lowest BCUT2D eigenvalue weighted by atomic mass is 10.1. The Labute approximate surface area is 209 Å². The maximum atomic E-state index is 5.77. The molecule has 7 nitrogen and oxygen atoms in total. The average Bonchev–Trinajstić information content (AvgIpc) is 2.81. The largest absolute Gasteiger partial charge is 0.494 e. The first-order chi connectivity index (χ1) is 15.1. The van der Waals surface area contributed by atoms with Gasteiger partial charge in [0.15, 0.2) is 5.96 Å². The van der Waals surface area contributed by atoms with Crippen molar-refractivity contribution in [1.29, 1.82) is 0 Å². The van der Waals surface area contributed by atoms with Gasteiger partial charge in [-0.25, -0.2) is 4.98 Å². The molecule has 176 valence electrons. The van der Waals surface area contributed by atoms with Crippen molar-refractivity contribution in [3.05, 3.63) is 53.2 Å². The van der Waals surface area contributed by atoms with Crippen LogP contribution in [0.25, 0.3) is 0 Å². The topological polar surface area (TPSA) is 65.0 Å². The fourth-order valence-corrected chi connectivity index (χ4v) is 3.68. The van der Waals surface area contributed by atoms with Crippen LogP contribution in [0.15, 0.2) is 41.5 Å². The van der Waals surface area contributed by atoms with Gasteiger partial charge in [0.25, 0.3) is 0 Å². The van der Waals surface area contributed by atoms with Gasteiger partial charge in [0.05, 0.1) is 6.61 Å². The van der Waals surface area contributed by atoms with Gasteiger partial charge in [0.1, 0.15) is 11.6 Å². The van der Waals surface area contributed by atoms with Gasteiger partial charge in [-0.15, -0.1) is 24.0 Å². The fourth-order valence-electron chi connectivity index (χ4n) is 3.68. The number of nitrogens with zero attached hydrogens (tertiary/aromatic N) is 4. The summed E-state index contributed by atoms with van der Waals surface area (Å²) >= 11 is 0. The molecule has 8 heteroatoms. The highest BCUT2D eigenvalue weighted by Crippen LogP contribution is 2.20. The van der Waals surface area contributed by atoms with Crippen LogP contribution in [0.1, 0.15) is 30.5 Å². The molecule has 0 bridgehead atoms. The van der Waals surface area contributed by atoms with E-state index in [9.17, 15) is 0 Å². The SMILES string of the molecule is CCOc1cc(C)ccc1CNC(=NC)NCc1ccc(N2CCN(CC)CC2)nc1.I. The molecule has 2 heterocycles. The van der Waals surface area contributed by atoms with E-state index in [4.69, 9.17) is 4.74 Å². The molecule has 2 N–H and O–H groups in total. The number of guanidine groups is 1. The van der Waals surface area contributed by atoms with Crippen molar-refractivity contribution in [2.24, 2.45) is 4.99 Å². The number of likely N-dealkylation sites (N-methyl/N-ethyl adjacent to an activating group) is 1. The van der Waals surface area contributed by atoms with E-state index in [2.05, 4.69) is 74.6 Å². The number of aromatic nitrogens is 1. The number of piperazine rings is 1. The minimum absolute atomic E-state index is 0. The number of halogens is 1. The van der Waals surface area contributed by atoms with Crippen molar-refractivity contribution in [3.63, 3.8) is 0 Å². The maximum absolute atomic E-state index is 5.77. The number of hydrogen-bond acceptors (Lipinski definition) is 5. The summed E-state index contributed by atoms with van der Waals surface area (Å²) in [4.78, 5) is 13.9. The van der Waals surface area contributed by atoms with E-state index in [-0.39, 0.29) is 24.0 Å². The number of anilines is 1. The van der Waals surface area contributed by atoms with E-state index >= 15 is 0 Å². The normalized spacial score (nSPS) is 14.6. The molecule has 0 aliphatic carbocycles. The summed E-state index contributed by atoms with van der Waals surface area (Å²) in [6.45, 7) is 13.7. The molecule has 0 radical (unpaired) electrons. The molecule has 1 aromatic heterocycles. The quantitative estimate of drug-likeness (QED) is 0.298. The van der Waals surface area contributed by atoms with Crippen LogP contribution in [-0.4, -0.2) is 62.2 Å². The van der Waals surface area contributed by atoms with Crippen molar-refractivity contribution < 1.29 is 4.74 Å². The second kappa shape index (κ2) is 13.5. The van der Waals surface area contributed by atoms with Crippen LogP contribution < -0.4 is 20.3 Å². The van der Waals surface area contributed by atoms with Crippen LogP contribution in [-0.2, 0) is 13.1 Å². The van der Waals surface area contributed by atoms with Crippen LogP contribution in [0, 0.1) is 6.92 Å². The van der Waals surface area contributed by atoms with E-state index in [1.54, 1.807) is 7.05 Å². The predicted octanol–water partition coefficient (Wildman–Crippen LogP) is 3.41. The Hall–Kier alpha value is -2.07. The Morgan fingerprint density at radius 2 is 1.81 bits per heavy atom. The highest BCUT2D eigenvalue weighted by molar-refractivity contribution is 14.0. The second-order valence-corrected chi connectivity index (χ2v) is 7.77. The van der Waals surface area contributed by atoms with Crippen LogP contribution in [0.3, 0.4) is 0 Å². The molecule has 3 rings (SSSR count). The first-order valence-electron chi connectivity index (χ1n) is 11.2. The lowest BCUT2D eigenvalue weighted by molar-refractivity contribution is 0.270. The number of hydrogen-bond donors (Lipinski definition) is 2. The number of aliphatic imine (C=N–C) groups is 1. The summed E-state index contributed by atoms with van der Waals surface area (Å²) in [5, 5.41) is 6.74. The Morgan fingerprint density at radius 1 is 1.06 bits per heavy atom. The van der Waals surface area contributed by atoms with E-state index in [0.717, 1.165) is 61.4 Å². The minimum Gasteiger partial charge on any atom is -0.494 e. The third-order valence-electron chi connectivity index (χ3n) is 5.60. The standard InChI is InChI=1S/C24H36N6O.HI/c1-5-29-11-13-30(14-12-29)23-10-8-20(16-26-23)17-27-24(25-4)28-18-21-9-7-19(3)15-22(21)31-6-2;/h7-10,15-16H,5-6,11-14,17-18H2,1-4H3,(H2,25,27,28);1H. The van der Waals surface area contributed by atoms with Gasteiger partial charge in [-0.1, -0.05) is 25.1 Å². The zero-order valence-electron chi connectivity index (χ0n) is 19.7. The number of benzene rings is 1. The summed E-state index contributed by atoms with van der Waals surface area (Å²) in [5.41, 5.74) is 3.44. The lowest BCUT2D eigenvalue weighted by Gasteiger charge is -2.34. The molecule has 0 atom stereocenters. The molecule has 1 saturated heterocycles. The van der Waals surface area contributed by atoms with Crippen LogP contribution in [0.2, 0.25) is 0 Å².